The molecule has 3 heteroatoms. The fourth-order valence-corrected chi connectivity index (χ4v) is 5.02. The Balaban J connectivity index is 2.35. The van der Waals surface area contributed by atoms with E-state index in [1.807, 2.05) is 0 Å². The van der Waals surface area contributed by atoms with Crippen LogP contribution in [0.1, 0.15) is 20.8 Å². The molecule has 0 radical (unpaired) electrons. The van der Waals surface area contributed by atoms with Crippen LogP contribution in [-0.2, 0) is 4.74 Å². The lowest BCUT2D eigenvalue weighted by Gasteiger charge is -2.35. The van der Waals surface area contributed by atoms with Crippen molar-refractivity contribution < 1.29 is 4.74 Å². The van der Waals surface area contributed by atoms with Crippen molar-refractivity contribution in [3.8, 4) is 0 Å². The minimum atomic E-state index is -1.09. The van der Waals surface area contributed by atoms with Gasteiger partial charge in [-0.05, 0) is 5.04 Å². The lowest BCUT2D eigenvalue weighted by Crippen LogP contribution is -2.34. The van der Waals surface area contributed by atoms with Gasteiger partial charge in [0.2, 0.25) is 0 Å². The van der Waals surface area contributed by atoms with Gasteiger partial charge in [0.05, 0.1) is 12.7 Å². The molecule has 0 N–H and O–H groups in total. The second-order valence-corrected chi connectivity index (χ2v) is 14.1. The number of epoxide rings is 1. The topological polar surface area (TPSA) is 12.5 Å². The molecule has 72 valence electrons. The zero-order valence-electron chi connectivity index (χ0n) is 8.81. The summed E-state index contributed by atoms with van der Waals surface area (Å²) in [7, 11) is -1.09. The molecular weight excluding hydrogens is 184 g/mol. The molecule has 0 aliphatic carbocycles. The van der Waals surface area contributed by atoms with Crippen molar-refractivity contribution in [3.05, 3.63) is 0 Å². The third kappa shape index (κ3) is 2.78. The molecule has 0 aromatic carbocycles. The summed E-state index contributed by atoms with van der Waals surface area (Å²) in [6.07, 6.45) is 0.587. The van der Waals surface area contributed by atoms with E-state index < -0.39 is 7.22 Å². The first kappa shape index (κ1) is 10.6. The Morgan fingerprint density at radius 2 is 1.92 bits per heavy atom. The molecule has 0 spiro atoms. The van der Waals surface area contributed by atoms with Crippen molar-refractivity contribution in [3.63, 3.8) is 0 Å². The summed E-state index contributed by atoms with van der Waals surface area (Å²) in [6.45, 7) is 13.0. The van der Waals surface area contributed by atoms with Crippen LogP contribution in [0.25, 0.3) is 0 Å². The number of hydrogen-bond acceptors (Lipinski definition) is 2. The van der Waals surface area contributed by atoms with E-state index in [0.29, 0.717) is 11.1 Å². The Morgan fingerprint density at radius 1 is 1.42 bits per heavy atom. The highest BCUT2D eigenvalue weighted by Crippen LogP contribution is 2.44. The Hall–Kier alpha value is 0.527. The summed E-state index contributed by atoms with van der Waals surface area (Å²) in [5.74, 6) is 1.22. The number of ether oxygens (including phenoxy) is 1. The van der Waals surface area contributed by atoms with Crippen LogP contribution in [0, 0.1) is 0 Å². The van der Waals surface area contributed by atoms with Gasteiger partial charge in [-0.1, -0.05) is 33.9 Å². The van der Waals surface area contributed by atoms with Crippen LogP contribution in [0.3, 0.4) is 0 Å². The third-order valence-electron chi connectivity index (χ3n) is 2.84. The molecule has 1 atom stereocenters. The second kappa shape index (κ2) is 3.35. The average Bonchev–Trinajstić information content (AvgIpc) is 2.62. The maximum atomic E-state index is 5.22. The van der Waals surface area contributed by atoms with Gasteiger partial charge in [0.15, 0.2) is 0 Å². The predicted molar refractivity (Wildman–Crippen MR) is 59.4 cm³/mol. The molecule has 12 heavy (non-hydrogen) atoms. The summed E-state index contributed by atoms with van der Waals surface area (Å²) in [5.41, 5.74) is 0. The summed E-state index contributed by atoms with van der Waals surface area (Å²) >= 11 is 2.17. The normalized spacial score (nSPS) is 24.2. The van der Waals surface area contributed by atoms with Crippen LogP contribution in [-0.4, -0.2) is 25.7 Å². The largest absolute Gasteiger partial charge is 0.372 e. The maximum Gasteiger partial charge on any atom is 0.116 e. The van der Waals surface area contributed by atoms with E-state index in [1.165, 1.54) is 5.75 Å². The molecular formula is C9H20OSSi. The third-order valence-corrected chi connectivity index (χ3v) is 12.2. The molecule has 1 heterocycles. The van der Waals surface area contributed by atoms with E-state index >= 15 is 0 Å². The van der Waals surface area contributed by atoms with Gasteiger partial charge in [-0.15, -0.1) is 0 Å². The first-order valence-corrected chi connectivity index (χ1v) is 9.29. The van der Waals surface area contributed by atoms with Crippen molar-refractivity contribution in [2.24, 2.45) is 0 Å². The van der Waals surface area contributed by atoms with Crippen LogP contribution < -0.4 is 0 Å². The Bertz CT molecular complexity index is 158. The molecule has 1 aliphatic heterocycles. The van der Waals surface area contributed by atoms with Gasteiger partial charge in [0.1, 0.15) is 7.22 Å². The van der Waals surface area contributed by atoms with Crippen LogP contribution in [0.4, 0.5) is 0 Å². The van der Waals surface area contributed by atoms with Crippen LogP contribution in [0.5, 0.6) is 0 Å². The van der Waals surface area contributed by atoms with Gasteiger partial charge in [0, 0.05) is 5.75 Å². The van der Waals surface area contributed by atoms with Crippen molar-refractivity contribution in [1.82, 2.24) is 0 Å². The lowest BCUT2D eigenvalue weighted by molar-refractivity contribution is 0.426. The van der Waals surface area contributed by atoms with Gasteiger partial charge in [-0.25, -0.2) is 0 Å². The van der Waals surface area contributed by atoms with Gasteiger partial charge in [0.25, 0.3) is 0 Å². The van der Waals surface area contributed by atoms with Crippen molar-refractivity contribution in [2.45, 2.75) is 45.0 Å². The fraction of sp³-hybridized carbons (Fsp3) is 1.00. The highest BCUT2D eigenvalue weighted by molar-refractivity contribution is 8.29. The molecule has 0 bridgehead atoms. The number of rotatable bonds is 3. The Morgan fingerprint density at radius 3 is 2.25 bits per heavy atom. The Labute approximate surface area is 80.9 Å². The highest BCUT2D eigenvalue weighted by atomic mass is 32.4. The van der Waals surface area contributed by atoms with Crippen LogP contribution in [0.2, 0.25) is 18.1 Å². The standard InChI is InChI=1S/C9H20OSSi/c1-9(2,3)12(4,5)11-7-8-6-10-8/h8H,6-7H2,1-5H3. The lowest BCUT2D eigenvalue weighted by atomic mass is 10.2. The van der Waals surface area contributed by atoms with Gasteiger partial charge in [-0.2, -0.15) is 11.2 Å². The van der Waals surface area contributed by atoms with Gasteiger partial charge in [-0.3, -0.25) is 0 Å². The van der Waals surface area contributed by atoms with E-state index in [1.54, 1.807) is 0 Å². The first-order valence-electron chi connectivity index (χ1n) is 4.58. The molecule has 1 saturated heterocycles. The summed E-state index contributed by atoms with van der Waals surface area (Å²) < 4.78 is 5.22. The smallest absolute Gasteiger partial charge is 0.116 e. The van der Waals surface area contributed by atoms with E-state index in [4.69, 9.17) is 4.74 Å². The molecule has 0 saturated carbocycles. The van der Waals surface area contributed by atoms with Gasteiger partial charge < -0.3 is 4.74 Å². The van der Waals surface area contributed by atoms with E-state index in [-0.39, 0.29) is 0 Å². The average molecular weight is 204 g/mol. The van der Waals surface area contributed by atoms with Crippen molar-refractivity contribution >= 4 is 18.4 Å². The maximum absolute atomic E-state index is 5.22. The van der Waals surface area contributed by atoms with Crippen LogP contribution in [0.15, 0.2) is 0 Å². The molecule has 1 aliphatic rings. The molecule has 1 rings (SSSR count). The monoisotopic (exact) mass is 204 g/mol. The fourth-order valence-electron chi connectivity index (χ4n) is 0.682. The Kier molecular flexibility index (Phi) is 2.96. The molecule has 1 nitrogen and oxygen atoms in total. The highest BCUT2D eigenvalue weighted by Gasteiger charge is 2.37. The second-order valence-electron chi connectivity index (χ2n) is 5.03. The molecule has 0 amide bonds. The first-order chi connectivity index (χ1) is 5.33. The minimum absolute atomic E-state index is 0.507. The van der Waals surface area contributed by atoms with Gasteiger partial charge >= 0.3 is 0 Å². The molecule has 1 fully saturated rings. The van der Waals surface area contributed by atoms with Crippen LogP contribution >= 0.6 is 11.2 Å². The predicted octanol–water partition coefficient (Wildman–Crippen LogP) is 3.12. The molecule has 1 unspecified atom stereocenters. The quantitative estimate of drug-likeness (QED) is 0.517. The SMILES string of the molecule is CC(C)(C)[Si](C)(C)SCC1CO1. The van der Waals surface area contributed by atoms with E-state index in [0.717, 1.165) is 6.61 Å². The number of hydrogen-bond donors (Lipinski definition) is 0. The summed E-state index contributed by atoms with van der Waals surface area (Å²) in [6, 6.07) is 0. The molecule has 0 aromatic rings. The van der Waals surface area contributed by atoms with Crippen molar-refractivity contribution in [1.29, 1.82) is 0 Å². The summed E-state index contributed by atoms with van der Waals surface area (Å²) in [4.78, 5) is 0. The van der Waals surface area contributed by atoms with Crippen molar-refractivity contribution in [2.75, 3.05) is 12.4 Å². The zero-order valence-corrected chi connectivity index (χ0v) is 10.6. The van der Waals surface area contributed by atoms with E-state index in [9.17, 15) is 0 Å². The van der Waals surface area contributed by atoms with E-state index in [2.05, 4.69) is 45.1 Å². The zero-order chi connectivity index (χ0) is 9.41. The summed E-state index contributed by atoms with van der Waals surface area (Å²) in [5, 5.41) is 0.507. The minimum Gasteiger partial charge on any atom is -0.372 e. The molecule has 0 aromatic heterocycles.